The van der Waals surface area contributed by atoms with Crippen LogP contribution < -0.4 is 4.74 Å². The van der Waals surface area contributed by atoms with E-state index in [0.29, 0.717) is 5.75 Å². The number of hydrogen-bond acceptors (Lipinski definition) is 2. The Balaban J connectivity index is 2.47. The van der Waals surface area contributed by atoms with Gasteiger partial charge in [0.25, 0.3) is 0 Å². The second-order valence-electron chi connectivity index (χ2n) is 2.85. The van der Waals surface area contributed by atoms with Gasteiger partial charge >= 0.3 is 0 Å². The molecule has 0 amide bonds. The van der Waals surface area contributed by atoms with Gasteiger partial charge in [-0.2, -0.15) is 0 Å². The van der Waals surface area contributed by atoms with Crippen molar-refractivity contribution in [3.8, 4) is 11.5 Å². The molecule has 2 rings (SSSR count). The minimum Gasteiger partial charge on any atom is -0.508 e. The number of fused-ring (bicyclic) bond motifs is 1. The van der Waals surface area contributed by atoms with Crippen LogP contribution in [0.25, 0.3) is 6.08 Å². The van der Waals surface area contributed by atoms with Crippen molar-refractivity contribution >= 4 is 6.08 Å². The lowest BCUT2D eigenvalue weighted by atomic mass is 10.1. The standard InChI is InChI=1S/C11H10O2/c1-2-10-6-4-8-3-5-9(12)7-11(8)13-10/h2-7,12H,1H3. The van der Waals surface area contributed by atoms with Crippen molar-refractivity contribution in [2.45, 2.75) is 6.92 Å². The molecule has 66 valence electrons. The van der Waals surface area contributed by atoms with Crippen LogP contribution in [0.5, 0.6) is 11.5 Å². The fourth-order valence-electron chi connectivity index (χ4n) is 1.24. The maximum Gasteiger partial charge on any atom is 0.138 e. The van der Waals surface area contributed by atoms with Gasteiger partial charge in [-0.15, -0.1) is 0 Å². The van der Waals surface area contributed by atoms with Gasteiger partial charge in [0.2, 0.25) is 0 Å². The molecule has 0 radical (unpaired) electrons. The van der Waals surface area contributed by atoms with Gasteiger partial charge in [-0.1, -0.05) is 0 Å². The number of hydrogen-bond donors (Lipinski definition) is 1. The van der Waals surface area contributed by atoms with Crippen LogP contribution in [0.1, 0.15) is 12.5 Å². The molecule has 1 aromatic carbocycles. The summed E-state index contributed by atoms with van der Waals surface area (Å²) in [6.07, 6.45) is 5.75. The molecule has 1 aliphatic heterocycles. The lowest BCUT2D eigenvalue weighted by molar-refractivity contribution is 0.428. The van der Waals surface area contributed by atoms with E-state index in [1.807, 2.05) is 31.2 Å². The van der Waals surface area contributed by atoms with Crippen molar-refractivity contribution in [2.75, 3.05) is 0 Å². The van der Waals surface area contributed by atoms with Gasteiger partial charge in [-0.05, 0) is 37.3 Å². The van der Waals surface area contributed by atoms with Crippen LogP contribution in [0.2, 0.25) is 0 Å². The summed E-state index contributed by atoms with van der Waals surface area (Å²) < 4.78 is 5.48. The SMILES string of the molecule is CC=C1C=Cc2ccc(O)cc2O1. The van der Waals surface area contributed by atoms with Crippen LogP contribution in [0.4, 0.5) is 0 Å². The maximum atomic E-state index is 9.22. The average molecular weight is 174 g/mol. The summed E-state index contributed by atoms with van der Waals surface area (Å²) in [5.74, 6) is 1.73. The lowest BCUT2D eigenvalue weighted by Crippen LogP contribution is -1.97. The van der Waals surface area contributed by atoms with E-state index >= 15 is 0 Å². The van der Waals surface area contributed by atoms with Gasteiger partial charge in [0, 0.05) is 11.6 Å². The summed E-state index contributed by atoms with van der Waals surface area (Å²) in [7, 11) is 0. The number of benzene rings is 1. The van der Waals surface area contributed by atoms with Crippen molar-refractivity contribution in [3.63, 3.8) is 0 Å². The first-order valence-electron chi connectivity index (χ1n) is 4.15. The van der Waals surface area contributed by atoms with Crippen molar-refractivity contribution in [1.82, 2.24) is 0 Å². The molecule has 0 unspecified atom stereocenters. The fraction of sp³-hybridized carbons (Fsp3) is 0.0909. The molecule has 0 bridgehead atoms. The predicted molar refractivity (Wildman–Crippen MR) is 51.5 cm³/mol. The van der Waals surface area contributed by atoms with Gasteiger partial charge in [0.1, 0.15) is 17.3 Å². The number of allylic oxidation sites excluding steroid dienone is 2. The number of phenols is 1. The Morgan fingerprint density at radius 1 is 1.31 bits per heavy atom. The van der Waals surface area contributed by atoms with E-state index in [2.05, 4.69) is 0 Å². The molecule has 2 heteroatoms. The topological polar surface area (TPSA) is 29.5 Å². The van der Waals surface area contributed by atoms with E-state index in [4.69, 9.17) is 4.74 Å². The normalized spacial score (nSPS) is 16.8. The van der Waals surface area contributed by atoms with Gasteiger partial charge in [0.15, 0.2) is 0 Å². The summed E-state index contributed by atoms with van der Waals surface area (Å²) in [5.41, 5.74) is 0.989. The van der Waals surface area contributed by atoms with Gasteiger partial charge in [0.05, 0.1) is 0 Å². The lowest BCUT2D eigenvalue weighted by Gasteiger charge is -2.13. The number of ether oxygens (including phenoxy) is 1. The molecule has 1 heterocycles. The van der Waals surface area contributed by atoms with E-state index in [9.17, 15) is 5.11 Å². The average Bonchev–Trinajstić information content (AvgIpc) is 2.16. The Bertz CT molecular complexity index is 389. The van der Waals surface area contributed by atoms with E-state index in [0.717, 1.165) is 11.3 Å². The van der Waals surface area contributed by atoms with E-state index < -0.39 is 0 Å². The first-order valence-corrected chi connectivity index (χ1v) is 4.15. The zero-order valence-electron chi connectivity index (χ0n) is 7.32. The van der Waals surface area contributed by atoms with E-state index in [-0.39, 0.29) is 5.75 Å². The maximum absolute atomic E-state index is 9.22. The summed E-state index contributed by atoms with van der Waals surface area (Å²) in [6.45, 7) is 1.91. The molecule has 2 nitrogen and oxygen atoms in total. The van der Waals surface area contributed by atoms with Crippen LogP contribution in [-0.4, -0.2) is 5.11 Å². The monoisotopic (exact) mass is 174 g/mol. The van der Waals surface area contributed by atoms with Crippen molar-refractivity contribution in [2.24, 2.45) is 0 Å². The molecule has 0 aromatic heterocycles. The highest BCUT2D eigenvalue weighted by Crippen LogP contribution is 2.30. The Morgan fingerprint density at radius 3 is 2.92 bits per heavy atom. The second kappa shape index (κ2) is 2.98. The molecule has 0 saturated heterocycles. The Morgan fingerprint density at radius 2 is 2.15 bits per heavy atom. The van der Waals surface area contributed by atoms with Crippen molar-refractivity contribution in [1.29, 1.82) is 0 Å². The second-order valence-corrected chi connectivity index (χ2v) is 2.85. The fourth-order valence-corrected chi connectivity index (χ4v) is 1.24. The highest BCUT2D eigenvalue weighted by Gasteiger charge is 2.08. The van der Waals surface area contributed by atoms with E-state index in [1.165, 1.54) is 0 Å². The highest BCUT2D eigenvalue weighted by molar-refractivity contribution is 5.63. The summed E-state index contributed by atoms with van der Waals surface area (Å²) >= 11 is 0. The summed E-state index contributed by atoms with van der Waals surface area (Å²) in [4.78, 5) is 0. The third-order valence-corrected chi connectivity index (χ3v) is 1.94. The number of phenolic OH excluding ortho intramolecular Hbond substituents is 1. The van der Waals surface area contributed by atoms with Crippen LogP contribution in [-0.2, 0) is 0 Å². The minimum absolute atomic E-state index is 0.226. The van der Waals surface area contributed by atoms with Gasteiger partial charge in [-0.25, -0.2) is 0 Å². The molecule has 0 saturated carbocycles. The molecule has 0 spiro atoms. The van der Waals surface area contributed by atoms with Crippen molar-refractivity contribution in [3.05, 3.63) is 41.7 Å². The molecule has 0 fully saturated rings. The summed E-state index contributed by atoms with van der Waals surface area (Å²) in [6, 6.07) is 5.09. The quantitative estimate of drug-likeness (QED) is 0.655. The molecule has 0 aliphatic carbocycles. The smallest absolute Gasteiger partial charge is 0.138 e. The molecular formula is C11H10O2. The van der Waals surface area contributed by atoms with Crippen molar-refractivity contribution < 1.29 is 9.84 Å². The first-order chi connectivity index (χ1) is 6.29. The van der Waals surface area contributed by atoms with Crippen LogP contribution >= 0.6 is 0 Å². The molecular weight excluding hydrogens is 164 g/mol. The van der Waals surface area contributed by atoms with Crippen LogP contribution in [0.3, 0.4) is 0 Å². The Labute approximate surface area is 76.8 Å². The molecule has 0 atom stereocenters. The molecule has 13 heavy (non-hydrogen) atoms. The van der Waals surface area contributed by atoms with Gasteiger partial charge in [-0.3, -0.25) is 0 Å². The molecule has 1 aliphatic rings. The largest absolute Gasteiger partial charge is 0.508 e. The number of aromatic hydroxyl groups is 1. The van der Waals surface area contributed by atoms with Crippen LogP contribution in [0, 0.1) is 0 Å². The third-order valence-electron chi connectivity index (χ3n) is 1.94. The zero-order chi connectivity index (χ0) is 9.26. The molecule has 1 N–H and O–H groups in total. The highest BCUT2D eigenvalue weighted by atomic mass is 16.5. The number of rotatable bonds is 0. The van der Waals surface area contributed by atoms with E-state index in [1.54, 1.807) is 12.1 Å². The zero-order valence-corrected chi connectivity index (χ0v) is 7.32. The summed E-state index contributed by atoms with van der Waals surface area (Å²) in [5, 5.41) is 9.22. The minimum atomic E-state index is 0.226. The Hall–Kier alpha value is -1.70. The van der Waals surface area contributed by atoms with Gasteiger partial charge < -0.3 is 9.84 Å². The first kappa shape index (κ1) is 7.92. The third kappa shape index (κ3) is 1.43. The Kier molecular flexibility index (Phi) is 1.81. The van der Waals surface area contributed by atoms with Crippen LogP contribution in [0.15, 0.2) is 36.1 Å². The predicted octanol–water partition coefficient (Wildman–Crippen LogP) is 2.70. The molecule has 1 aromatic rings.